The summed E-state index contributed by atoms with van der Waals surface area (Å²) in [6.07, 6.45) is 0. The molecule has 1 unspecified atom stereocenters. The number of rotatable bonds is 4. The van der Waals surface area contributed by atoms with Gasteiger partial charge in [0.25, 0.3) is 0 Å². The lowest BCUT2D eigenvalue weighted by Crippen LogP contribution is -2.16. The van der Waals surface area contributed by atoms with Crippen LogP contribution < -0.4 is 5.32 Å². The second-order valence-corrected chi connectivity index (χ2v) is 6.65. The molecule has 0 fully saturated rings. The average Bonchev–Trinajstić information content (AvgIpc) is 2.84. The molecule has 2 rings (SSSR count). The van der Waals surface area contributed by atoms with Gasteiger partial charge in [0.1, 0.15) is 0 Å². The largest absolute Gasteiger partial charge is 0.305 e. The van der Waals surface area contributed by atoms with Crippen molar-refractivity contribution in [2.24, 2.45) is 0 Å². The molecule has 0 aliphatic rings. The Hall–Kier alpha value is -0.160. The van der Waals surface area contributed by atoms with Gasteiger partial charge in [0.15, 0.2) is 0 Å². The maximum atomic E-state index is 3.51. The highest BCUT2D eigenvalue weighted by Crippen LogP contribution is 2.22. The van der Waals surface area contributed by atoms with Gasteiger partial charge in [-0.05, 0) is 51.3 Å². The van der Waals surface area contributed by atoms with E-state index in [4.69, 9.17) is 0 Å². The molecule has 0 spiro atoms. The quantitative estimate of drug-likeness (QED) is 0.881. The Morgan fingerprint density at radius 1 is 1.47 bits per heavy atom. The summed E-state index contributed by atoms with van der Waals surface area (Å²) in [4.78, 5) is 1.39. The van der Waals surface area contributed by atoms with Gasteiger partial charge in [-0.1, -0.05) is 6.07 Å². The van der Waals surface area contributed by atoms with Crippen LogP contribution in [0.1, 0.15) is 23.4 Å². The van der Waals surface area contributed by atoms with Gasteiger partial charge in [-0.2, -0.15) is 0 Å². The molecule has 0 aliphatic heterocycles. The predicted octanol–water partition coefficient (Wildman–Crippen LogP) is 4.42. The van der Waals surface area contributed by atoms with Gasteiger partial charge in [0.2, 0.25) is 0 Å². The van der Waals surface area contributed by atoms with Crippen molar-refractivity contribution in [2.45, 2.75) is 19.5 Å². The third kappa shape index (κ3) is 3.14. The van der Waals surface area contributed by atoms with E-state index in [1.807, 2.05) is 0 Å². The van der Waals surface area contributed by atoms with E-state index in [9.17, 15) is 0 Å². The molecule has 4 heteroatoms. The van der Waals surface area contributed by atoms with E-state index in [1.54, 1.807) is 22.7 Å². The van der Waals surface area contributed by atoms with Crippen LogP contribution in [0.15, 0.2) is 32.7 Å². The highest BCUT2D eigenvalue weighted by Gasteiger charge is 2.05. The lowest BCUT2D eigenvalue weighted by Gasteiger charge is -2.10. The predicted molar refractivity (Wildman–Crippen MR) is 71.6 cm³/mol. The molecule has 0 aromatic carbocycles. The Morgan fingerprint density at radius 3 is 2.93 bits per heavy atom. The topological polar surface area (TPSA) is 12.0 Å². The normalized spacial score (nSPS) is 12.9. The van der Waals surface area contributed by atoms with Crippen molar-refractivity contribution in [1.82, 2.24) is 5.32 Å². The second kappa shape index (κ2) is 5.25. The summed E-state index contributed by atoms with van der Waals surface area (Å²) < 4.78 is 1.20. The number of nitrogens with one attached hydrogen (secondary N) is 1. The van der Waals surface area contributed by atoms with Crippen LogP contribution >= 0.6 is 38.6 Å². The van der Waals surface area contributed by atoms with Crippen molar-refractivity contribution >= 4 is 38.6 Å². The minimum absolute atomic E-state index is 0.434. The standard InChI is InChI=1S/C11H12BrNS2/c1-8(10-3-2-4-14-10)13-6-9-5-11(12)15-7-9/h2-5,7-8,13H,6H2,1H3. The van der Waals surface area contributed by atoms with Crippen molar-refractivity contribution in [1.29, 1.82) is 0 Å². The van der Waals surface area contributed by atoms with Gasteiger partial charge in [0, 0.05) is 17.5 Å². The molecule has 2 aromatic heterocycles. The minimum atomic E-state index is 0.434. The molecule has 0 saturated carbocycles. The maximum absolute atomic E-state index is 3.51. The molecule has 0 amide bonds. The Morgan fingerprint density at radius 2 is 2.33 bits per heavy atom. The number of hydrogen-bond donors (Lipinski definition) is 1. The fourth-order valence-corrected chi connectivity index (χ4v) is 3.32. The first-order valence-electron chi connectivity index (χ1n) is 4.75. The van der Waals surface area contributed by atoms with Gasteiger partial charge < -0.3 is 5.32 Å². The molecule has 0 saturated heterocycles. The number of hydrogen-bond acceptors (Lipinski definition) is 3. The van der Waals surface area contributed by atoms with E-state index < -0.39 is 0 Å². The average molecular weight is 302 g/mol. The van der Waals surface area contributed by atoms with Gasteiger partial charge in [-0.15, -0.1) is 22.7 Å². The van der Waals surface area contributed by atoms with Crippen molar-refractivity contribution in [3.8, 4) is 0 Å². The van der Waals surface area contributed by atoms with Gasteiger partial charge >= 0.3 is 0 Å². The molecule has 0 radical (unpaired) electrons. The minimum Gasteiger partial charge on any atom is -0.305 e. The lowest BCUT2D eigenvalue weighted by molar-refractivity contribution is 0.583. The molecular formula is C11H12BrNS2. The monoisotopic (exact) mass is 301 g/mol. The molecule has 0 bridgehead atoms. The summed E-state index contributed by atoms with van der Waals surface area (Å²) in [5, 5.41) is 7.81. The van der Waals surface area contributed by atoms with Crippen LogP contribution in [0.5, 0.6) is 0 Å². The summed E-state index contributed by atoms with van der Waals surface area (Å²) in [5.41, 5.74) is 1.34. The van der Waals surface area contributed by atoms with E-state index in [0.717, 1.165) is 6.54 Å². The van der Waals surface area contributed by atoms with Gasteiger partial charge in [-0.25, -0.2) is 0 Å². The van der Waals surface area contributed by atoms with Crippen LogP contribution in [-0.4, -0.2) is 0 Å². The van der Waals surface area contributed by atoms with Gasteiger partial charge in [-0.3, -0.25) is 0 Å². The van der Waals surface area contributed by atoms with Crippen LogP contribution in [0, 0.1) is 0 Å². The van der Waals surface area contributed by atoms with E-state index in [1.165, 1.54) is 14.2 Å². The van der Waals surface area contributed by atoms with Crippen molar-refractivity contribution in [3.05, 3.63) is 43.2 Å². The third-order valence-corrected chi connectivity index (χ3v) is 4.81. The molecule has 1 atom stereocenters. The Kier molecular flexibility index (Phi) is 3.97. The van der Waals surface area contributed by atoms with E-state index >= 15 is 0 Å². The number of thiophene rings is 2. The van der Waals surface area contributed by atoms with Crippen LogP contribution in [-0.2, 0) is 6.54 Å². The summed E-state index contributed by atoms with van der Waals surface area (Å²) in [7, 11) is 0. The number of halogens is 1. The summed E-state index contributed by atoms with van der Waals surface area (Å²) in [5.74, 6) is 0. The molecular weight excluding hydrogens is 290 g/mol. The molecule has 2 aromatic rings. The van der Waals surface area contributed by atoms with Crippen molar-refractivity contribution in [3.63, 3.8) is 0 Å². The fraction of sp³-hybridized carbons (Fsp3) is 0.273. The van der Waals surface area contributed by atoms with Gasteiger partial charge in [0.05, 0.1) is 3.79 Å². The molecule has 1 N–H and O–H groups in total. The Bertz CT molecular complexity index is 408. The van der Waals surface area contributed by atoms with E-state index in [0.29, 0.717) is 6.04 Å². The Labute approximate surface area is 106 Å². The molecule has 1 nitrogen and oxygen atoms in total. The highest BCUT2D eigenvalue weighted by atomic mass is 79.9. The summed E-state index contributed by atoms with van der Waals surface area (Å²) in [6, 6.07) is 6.87. The third-order valence-electron chi connectivity index (χ3n) is 2.20. The summed E-state index contributed by atoms with van der Waals surface area (Å²) in [6.45, 7) is 3.13. The SMILES string of the molecule is CC(NCc1csc(Br)c1)c1cccs1. The zero-order chi connectivity index (χ0) is 10.7. The van der Waals surface area contributed by atoms with Crippen LogP contribution in [0.2, 0.25) is 0 Å². The smallest absolute Gasteiger partial charge is 0.0701 e. The van der Waals surface area contributed by atoms with E-state index in [2.05, 4.69) is 57.1 Å². The molecule has 15 heavy (non-hydrogen) atoms. The zero-order valence-electron chi connectivity index (χ0n) is 8.37. The zero-order valence-corrected chi connectivity index (χ0v) is 11.6. The molecule has 2 heterocycles. The summed E-state index contributed by atoms with van der Waals surface area (Å²) >= 11 is 7.01. The highest BCUT2D eigenvalue weighted by molar-refractivity contribution is 9.11. The van der Waals surface area contributed by atoms with Crippen LogP contribution in [0.25, 0.3) is 0 Å². The fourth-order valence-electron chi connectivity index (χ4n) is 1.35. The first kappa shape index (κ1) is 11.3. The van der Waals surface area contributed by atoms with E-state index in [-0.39, 0.29) is 0 Å². The first-order chi connectivity index (χ1) is 7.25. The molecule has 0 aliphatic carbocycles. The van der Waals surface area contributed by atoms with Crippen molar-refractivity contribution in [2.75, 3.05) is 0 Å². The molecule has 80 valence electrons. The Balaban J connectivity index is 1.88. The van der Waals surface area contributed by atoms with Crippen LogP contribution in [0.4, 0.5) is 0 Å². The van der Waals surface area contributed by atoms with Crippen LogP contribution in [0.3, 0.4) is 0 Å². The lowest BCUT2D eigenvalue weighted by atomic mass is 10.2. The first-order valence-corrected chi connectivity index (χ1v) is 7.30. The maximum Gasteiger partial charge on any atom is 0.0701 e. The van der Waals surface area contributed by atoms with Crippen molar-refractivity contribution < 1.29 is 0 Å². The second-order valence-electron chi connectivity index (χ2n) is 3.38.